The average Bonchev–Trinajstić information content (AvgIpc) is 3.49. The van der Waals surface area contributed by atoms with E-state index in [2.05, 4.69) is 175 Å². The molecular formula is C46H30N2. The Morgan fingerprint density at radius 2 is 1.00 bits per heavy atom. The van der Waals surface area contributed by atoms with Crippen LogP contribution in [0.4, 0.5) is 0 Å². The van der Waals surface area contributed by atoms with Gasteiger partial charge in [0.1, 0.15) is 5.82 Å². The molecule has 0 radical (unpaired) electrons. The second kappa shape index (κ2) is 10.4. The number of aryl methyl sites for hydroxylation is 1. The number of nitrogens with zero attached hydrogens (tertiary/aromatic N) is 2. The van der Waals surface area contributed by atoms with E-state index in [-0.39, 0.29) is 0 Å². The number of hydrogen-bond acceptors (Lipinski definition) is 1. The van der Waals surface area contributed by atoms with Gasteiger partial charge in [-0.3, -0.25) is 4.57 Å². The van der Waals surface area contributed by atoms with Crippen LogP contribution in [0.25, 0.3) is 93.2 Å². The summed E-state index contributed by atoms with van der Waals surface area (Å²) >= 11 is 0. The maximum absolute atomic E-state index is 5.06. The third-order valence-corrected chi connectivity index (χ3v) is 10.1. The molecule has 0 saturated carbocycles. The molecule has 2 nitrogen and oxygen atoms in total. The fourth-order valence-corrected chi connectivity index (χ4v) is 7.86. The molecule has 9 aromatic carbocycles. The molecule has 0 amide bonds. The van der Waals surface area contributed by atoms with Gasteiger partial charge in [-0.05, 0) is 96.2 Å². The van der Waals surface area contributed by atoms with Crippen LogP contribution in [0.15, 0.2) is 164 Å². The second-order valence-corrected chi connectivity index (χ2v) is 12.8. The molecular weight excluding hydrogens is 581 g/mol. The molecule has 0 bridgehead atoms. The first-order chi connectivity index (χ1) is 23.7. The highest BCUT2D eigenvalue weighted by atomic mass is 15.1. The summed E-state index contributed by atoms with van der Waals surface area (Å²) < 4.78 is 2.30. The number of imidazole rings is 1. The van der Waals surface area contributed by atoms with Gasteiger partial charge in [-0.1, -0.05) is 146 Å². The Bertz CT molecular complexity index is 2790. The first kappa shape index (κ1) is 26.9. The zero-order valence-electron chi connectivity index (χ0n) is 26.5. The molecule has 0 aliphatic rings. The largest absolute Gasteiger partial charge is 0.296 e. The van der Waals surface area contributed by atoms with E-state index in [9.17, 15) is 0 Å². The van der Waals surface area contributed by atoms with Crippen molar-refractivity contribution < 1.29 is 0 Å². The summed E-state index contributed by atoms with van der Waals surface area (Å²) in [5.41, 5.74) is 10.6. The zero-order chi connectivity index (χ0) is 31.8. The third-order valence-electron chi connectivity index (χ3n) is 10.1. The highest BCUT2D eigenvalue weighted by Crippen LogP contribution is 2.40. The highest BCUT2D eigenvalue weighted by Gasteiger charge is 2.17. The van der Waals surface area contributed by atoms with Crippen molar-refractivity contribution >= 4 is 54.1 Å². The van der Waals surface area contributed by atoms with Crippen molar-refractivity contribution in [2.24, 2.45) is 0 Å². The maximum Gasteiger partial charge on any atom is 0.111 e. The van der Waals surface area contributed by atoms with Crippen LogP contribution in [0.1, 0.15) is 5.82 Å². The minimum atomic E-state index is 0.978. The minimum Gasteiger partial charge on any atom is -0.296 e. The fraction of sp³-hybridized carbons (Fsp3) is 0.0217. The zero-order valence-corrected chi connectivity index (χ0v) is 26.5. The van der Waals surface area contributed by atoms with Gasteiger partial charge in [0.05, 0.1) is 11.0 Å². The van der Waals surface area contributed by atoms with Crippen molar-refractivity contribution in [3.05, 3.63) is 170 Å². The van der Waals surface area contributed by atoms with Gasteiger partial charge in [-0.15, -0.1) is 0 Å². The summed E-state index contributed by atoms with van der Waals surface area (Å²) in [7, 11) is 0. The van der Waals surface area contributed by atoms with Crippen LogP contribution in [-0.2, 0) is 0 Å². The van der Waals surface area contributed by atoms with Crippen molar-refractivity contribution in [2.45, 2.75) is 6.92 Å². The maximum atomic E-state index is 5.06. The lowest BCUT2D eigenvalue weighted by Gasteiger charge is -2.14. The van der Waals surface area contributed by atoms with Gasteiger partial charge in [0.25, 0.3) is 0 Å². The van der Waals surface area contributed by atoms with Crippen LogP contribution in [-0.4, -0.2) is 9.55 Å². The molecule has 0 aliphatic heterocycles. The quantitative estimate of drug-likeness (QED) is 0.181. The predicted octanol–water partition coefficient (Wildman–Crippen LogP) is 12.4. The number of hydrogen-bond donors (Lipinski definition) is 0. The molecule has 1 heterocycles. The van der Waals surface area contributed by atoms with Gasteiger partial charge in [0, 0.05) is 11.1 Å². The molecule has 0 fully saturated rings. The normalized spacial score (nSPS) is 11.9. The first-order valence-corrected chi connectivity index (χ1v) is 16.6. The van der Waals surface area contributed by atoms with Gasteiger partial charge in [-0.25, -0.2) is 4.98 Å². The third kappa shape index (κ3) is 4.03. The summed E-state index contributed by atoms with van der Waals surface area (Å²) in [6, 6.07) is 59.6. The molecule has 48 heavy (non-hydrogen) atoms. The molecule has 0 atom stereocenters. The van der Waals surface area contributed by atoms with Crippen molar-refractivity contribution in [1.82, 2.24) is 9.55 Å². The molecule has 0 aliphatic carbocycles. The molecule has 224 valence electrons. The monoisotopic (exact) mass is 610 g/mol. The van der Waals surface area contributed by atoms with Gasteiger partial charge in [-0.2, -0.15) is 0 Å². The molecule has 0 N–H and O–H groups in total. The highest BCUT2D eigenvalue weighted by molar-refractivity contribution is 6.25. The number of rotatable bonds is 4. The molecule has 10 aromatic rings. The van der Waals surface area contributed by atoms with Crippen LogP contribution in [0.2, 0.25) is 0 Å². The Morgan fingerprint density at radius 3 is 1.75 bits per heavy atom. The minimum absolute atomic E-state index is 0.978. The lowest BCUT2D eigenvalue weighted by Crippen LogP contribution is -1.97. The smallest absolute Gasteiger partial charge is 0.111 e. The second-order valence-electron chi connectivity index (χ2n) is 12.8. The van der Waals surface area contributed by atoms with E-state index in [1.807, 2.05) is 0 Å². The lowest BCUT2D eigenvalue weighted by molar-refractivity contribution is 1.00. The summed E-state index contributed by atoms with van der Waals surface area (Å²) in [5.74, 6) is 0.978. The van der Waals surface area contributed by atoms with Crippen LogP contribution >= 0.6 is 0 Å². The lowest BCUT2D eigenvalue weighted by atomic mass is 9.89. The molecule has 10 rings (SSSR count). The van der Waals surface area contributed by atoms with E-state index in [0.29, 0.717) is 0 Å². The van der Waals surface area contributed by atoms with Crippen molar-refractivity contribution in [2.75, 3.05) is 0 Å². The Morgan fingerprint density at radius 1 is 0.417 bits per heavy atom. The Kier molecular flexibility index (Phi) is 5.82. The SMILES string of the molecule is Cc1nc2cc(-c3ccccc3)c3ccccc3c2n1-c1ccc(-c2ccc(-c3ccc4ccc5cccc6ccc3c4c56)cc2)cc1. The fourth-order valence-electron chi connectivity index (χ4n) is 7.86. The van der Waals surface area contributed by atoms with Crippen LogP contribution in [0.3, 0.4) is 0 Å². The van der Waals surface area contributed by atoms with Crippen molar-refractivity contribution in [1.29, 1.82) is 0 Å². The van der Waals surface area contributed by atoms with E-state index in [4.69, 9.17) is 4.98 Å². The molecule has 0 saturated heterocycles. The number of aromatic nitrogens is 2. The van der Waals surface area contributed by atoms with Gasteiger partial charge < -0.3 is 0 Å². The van der Waals surface area contributed by atoms with E-state index in [1.54, 1.807) is 0 Å². The molecule has 0 spiro atoms. The Hall–Kier alpha value is -6.25. The van der Waals surface area contributed by atoms with Gasteiger partial charge >= 0.3 is 0 Å². The Labute approximate surface area is 278 Å². The van der Waals surface area contributed by atoms with E-state index in [1.165, 1.54) is 76.5 Å². The number of benzene rings is 9. The summed E-state index contributed by atoms with van der Waals surface area (Å²) in [4.78, 5) is 5.06. The summed E-state index contributed by atoms with van der Waals surface area (Å²) in [6.45, 7) is 2.10. The molecule has 2 heteroatoms. The van der Waals surface area contributed by atoms with Gasteiger partial charge in [0.15, 0.2) is 0 Å². The van der Waals surface area contributed by atoms with Crippen molar-refractivity contribution in [3.63, 3.8) is 0 Å². The molecule has 1 aromatic heterocycles. The molecule has 0 unspecified atom stereocenters. The van der Waals surface area contributed by atoms with Gasteiger partial charge in [0.2, 0.25) is 0 Å². The number of fused-ring (bicyclic) bond motifs is 3. The summed E-state index contributed by atoms with van der Waals surface area (Å²) in [6.07, 6.45) is 0. The Balaban J connectivity index is 1.03. The topological polar surface area (TPSA) is 17.8 Å². The van der Waals surface area contributed by atoms with E-state index < -0.39 is 0 Å². The predicted molar refractivity (Wildman–Crippen MR) is 203 cm³/mol. The van der Waals surface area contributed by atoms with Crippen LogP contribution < -0.4 is 0 Å². The van der Waals surface area contributed by atoms with E-state index >= 15 is 0 Å². The average molecular weight is 611 g/mol. The van der Waals surface area contributed by atoms with E-state index in [0.717, 1.165) is 22.5 Å². The van der Waals surface area contributed by atoms with Crippen LogP contribution in [0, 0.1) is 6.92 Å². The first-order valence-electron chi connectivity index (χ1n) is 16.6. The standard InChI is InChI=1S/C46H30N2/c1-29-47-43-28-42(32-8-3-2-4-9-32)39-12-5-6-13-41(39)46(43)48(29)37-24-20-31(21-25-37)30-14-16-33(17-15-30)38-26-22-36-19-18-34-10-7-11-35-23-27-40(38)45(36)44(34)35/h2-28H,1H3. The van der Waals surface area contributed by atoms with Crippen LogP contribution in [0.5, 0.6) is 0 Å². The summed E-state index contributed by atoms with van der Waals surface area (Å²) in [5, 5.41) is 10.3. The van der Waals surface area contributed by atoms with Crippen molar-refractivity contribution in [3.8, 4) is 39.1 Å².